The summed E-state index contributed by atoms with van der Waals surface area (Å²) >= 11 is 2.17. The number of esters is 1. The molecule has 0 N–H and O–H groups in total. The van der Waals surface area contributed by atoms with Crippen molar-refractivity contribution in [3.05, 3.63) is 0 Å². The van der Waals surface area contributed by atoms with Crippen molar-refractivity contribution in [3.8, 4) is 0 Å². The Morgan fingerprint density at radius 1 is 1.80 bits per heavy atom. The van der Waals surface area contributed by atoms with Crippen LogP contribution in [-0.4, -0.2) is 28.8 Å². The van der Waals surface area contributed by atoms with Crippen LogP contribution in [0.1, 0.15) is 12.8 Å². The van der Waals surface area contributed by atoms with Crippen molar-refractivity contribution in [1.29, 1.82) is 0 Å². The van der Waals surface area contributed by atoms with Crippen molar-refractivity contribution < 1.29 is 9.53 Å². The molecule has 0 unspecified atom stereocenters. The Hall–Kier alpha value is 0.160. The summed E-state index contributed by atoms with van der Waals surface area (Å²) in [6.07, 6.45) is 2.04. The van der Waals surface area contributed by atoms with E-state index in [1.165, 1.54) is 7.11 Å². The first-order chi connectivity index (χ1) is 4.75. The molecule has 1 rings (SSSR count). The third-order valence-corrected chi connectivity index (χ3v) is 2.82. The van der Waals surface area contributed by atoms with E-state index in [0.717, 1.165) is 19.4 Å². The van der Waals surface area contributed by atoms with Gasteiger partial charge in [-0.2, -0.15) is 0 Å². The number of halogens is 1. The molecule has 1 heterocycles. The van der Waals surface area contributed by atoms with Crippen LogP contribution in [0.2, 0.25) is 0 Å². The van der Waals surface area contributed by atoms with Crippen LogP contribution in [0.25, 0.3) is 0 Å². The van der Waals surface area contributed by atoms with E-state index < -0.39 is 0 Å². The zero-order valence-electron chi connectivity index (χ0n) is 5.84. The van der Waals surface area contributed by atoms with Crippen molar-refractivity contribution in [3.63, 3.8) is 0 Å². The fourth-order valence-corrected chi connectivity index (χ4v) is 1.95. The molecule has 3 nitrogen and oxygen atoms in total. The van der Waals surface area contributed by atoms with Crippen molar-refractivity contribution in [2.24, 2.45) is 0 Å². The zero-order valence-corrected chi connectivity index (χ0v) is 8.00. The molecule has 10 heavy (non-hydrogen) atoms. The predicted octanol–water partition coefficient (Wildman–Crippen LogP) is 0.974. The molecule has 1 aliphatic rings. The third-order valence-electron chi connectivity index (χ3n) is 1.66. The second-order valence-corrected chi connectivity index (χ2v) is 3.54. The van der Waals surface area contributed by atoms with Gasteiger partial charge < -0.3 is 4.74 Å². The van der Waals surface area contributed by atoms with Crippen LogP contribution in [0.4, 0.5) is 0 Å². The van der Waals surface area contributed by atoms with Crippen molar-refractivity contribution in [2.75, 3.05) is 13.7 Å². The van der Waals surface area contributed by atoms with E-state index in [4.69, 9.17) is 0 Å². The first-order valence-electron chi connectivity index (χ1n) is 3.26. The highest BCUT2D eigenvalue weighted by atomic mass is 127. The maximum atomic E-state index is 11.0. The van der Waals surface area contributed by atoms with E-state index in [0.29, 0.717) is 0 Å². The van der Waals surface area contributed by atoms with Gasteiger partial charge in [0.2, 0.25) is 0 Å². The fraction of sp³-hybridized carbons (Fsp3) is 0.833. The lowest BCUT2D eigenvalue weighted by Gasteiger charge is -2.13. The molecule has 0 bridgehead atoms. The molecule has 0 aliphatic carbocycles. The maximum absolute atomic E-state index is 11.0. The molecule has 4 heteroatoms. The highest BCUT2D eigenvalue weighted by molar-refractivity contribution is 14.1. The van der Waals surface area contributed by atoms with Gasteiger partial charge in [0.15, 0.2) is 0 Å². The SMILES string of the molecule is COC(=O)[C@@H]1CCCN1I. The smallest absolute Gasteiger partial charge is 0.323 e. The first-order valence-corrected chi connectivity index (χ1v) is 4.22. The van der Waals surface area contributed by atoms with Crippen molar-refractivity contribution >= 4 is 28.8 Å². The van der Waals surface area contributed by atoms with Gasteiger partial charge >= 0.3 is 5.97 Å². The molecule has 0 aromatic rings. The Labute approximate surface area is 74.2 Å². The van der Waals surface area contributed by atoms with E-state index in [-0.39, 0.29) is 12.0 Å². The second-order valence-electron chi connectivity index (χ2n) is 2.30. The molecule has 1 saturated heterocycles. The lowest BCUT2D eigenvalue weighted by molar-refractivity contribution is -0.143. The van der Waals surface area contributed by atoms with E-state index in [9.17, 15) is 4.79 Å². The van der Waals surface area contributed by atoms with Crippen molar-refractivity contribution in [1.82, 2.24) is 3.11 Å². The van der Waals surface area contributed by atoms with Crippen LogP contribution in [0.5, 0.6) is 0 Å². The minimum absolute atomic E-state index is 0.00519. The first kappa shape index (κ1) is 8.26. The average Bonchev–Trinajstić information content (AvgIpc) is 2.34. The Kier molecular flexibility index (Phi) is 2.91. The van der Waals surface area contributed by atoms with E-state index in [2.05, 4.69) is 27.6 Å². The van der Waals surface area contributed by atoms with Crippen LogP contribution in [0.15, 0.2) is 0 Å². The molecule has 58 valence electrons. The highest BCUT2D eigenvalue weighted by Crippen LogP contribution is 2.21. The number of ether oxygens (including phenoxy) is 1. The minimum atomic E-state index is -0.105. The lowest BCUT2D eigenvalue weighted by atomic mass is 10.2. The molecule has 0 aromatic heterocycles. The molecular formula is C6H10INO2. The zero-order chi connectivity index (χ0) is 7.56. The quantitative estimate of drug-likeness (QED) is 0.397. The highest BCUT2D eigenvalue weighted by Gasteiger charge is 2.29. The van der Waals surface area contributed by atoms with Gasteiger partial charge in [0.1, 0.15) is 6.04 Å². The normalized spacial score (nSPS) is 26.8. The standard InChI is InChI=1S/C6H10INO2/c1-10-6(9)5-3-2-4-8(5)7/h5H,2-4H2,1H3/t5-/m0/s1. The lowest BCUT2D eigenvalue weighted by Crippen LogP contribution is -2.29. The molecule has 1 fully saturated rings. The molecule has 0 aromatic carbocycles. The van der Waals surface area contributed by atoms with Crippen LogP contribution in [0.3, 0.4) is 0 Å². The molecule has 1 aliphatic heterocycles. The van der Waals surface area contributed by atoms with Gasteiger partial charge in [-0.15, -0.1) is 0 Å². The summed E-state index contributed by atoms with van der Waals surface area (Å²) < 4.78 is 6.62. The van der Waals surface area contributed by atoms with Gasteiger partial charge in [-0.3, -0.25) is 4.79 Å². The summed E-state index contributed by atoms with van der Waals surface area (Å²) in [5.74, 6) is -0.105. The molecular weight excluding hydrogens is 245 g/mol. The number of carbonyl (C=O) groups excluding carboxylic acids is 1. The second kappa shape index (κ2) is 3.52. The largest absolute Gasteiger partial charge is 0.468 e. The number of hydrogen-bond donors (Lipinski definition) is 0. The number of rotatable bonds is 1. The third kappa shape index (κ3) is 1.60. The van der Waals surface area contributed by atoms with Gasteiger partial charge in [0.05, 0.1) is 7.11 Å². The predicted molar refractivity (Wildman–Crippen MR) is 45.8 cm³/mol. The molecule has 1 atom stereocenters. The Morgan fingerprint density at radius 3 is 2.90 bits per heavy atom. The van der Waals surface area contributed by atoms with E-state index in [1.54, 1.807) is 0 Å². The number of nitrogens with zero attached hydrogens (tertiary/aromatic N) is 1. The van der Waals surface area contributed by atoms with Crippen LogP contribution < -0.4 is 0 Å². The summed E-state index contributed by atoms with van der Waals surface area (Å²) in [4.78, 5) is 11.0. The van der Waals surface area contributed by atoms with E-state index >= 15 is 0 Å². The van der Waals surface area contributed by atoms with Crippen LogP contribution in [-0.2, 0) is 9.53 Å². The molecule has 0 radical (unpaired) electrons. The Balaban J connectivity index is 2.46. The molecule has 0 saturated carbocycles. The van der Waals surface area contributed by atoms with Gasteiger partial charge in [-0.25, -0.2) is 3.11 Å². The van der Waals surface area contributed by atoms with Crippen LogP contribution >= 0.6 is 22.9 Å². The fourth-order valence-electron chi connectivity index (χ4n) is 1.10. The molecule has 0 amide bonds. The maximum Gasteiger partial charge on any atom is 0.323 e. The minimum Gasteiger partial charge on any atom is -0.468 e. The Bertz CT molecular complexity index is 140. The average molecular weight is 255 g/mol. The molecule has 0 spiro atoms. The number of carbonyl (C=O) groups is 1. The summed E-state index contributed by atoms with van der Waals surface area (Å²) in [5.41, 5.74) is 0. The summed E-state index contributed by atoms with van der Waals surface area (Å²) in [7, 11) is 1.44. The van der Waals surface area contributed by atoms with Gasteiger partial charge in [-0.1, -0.05) is 0 Å². The van der Waals surface area contributed by atoms with Gasteiger partial charge in [-0.05, 0) is 12.8 Å². The number of methoxy groups -OCH3 is 1. The van der Waals surface area contributed by atoms with Gasteiger partial charge in [0, 0.05) is 29.4 Å². The summed E-state index contributed by atoms with van der Waals surface area (Å²) in [6.45, 7) is 1.00. The Morgan fingerprint density at radius 2 is 2.50 bits per heavy atom. The topological polar surface area (TPSA) is 29.5 Å². The van der Waals surface area contributed by atoms with Crippen molar-refractivity contribution in [2.45, 2.75) is 18.9 Å². The monoisotopic (exact) mass is 255 g/mol. The van der Waals surface area contributed by atoms with E-state index in [1.807, 2.05) is 3.11 Å². The van der Waals surface area contributed by atoms with Gasteiger partial charge in [0.25, 0.3) is 0 Å². The number of hydrogen-bond acceptors (Lipinski definition) is 3. The summed E-state index contributed by atoms with van der Waals surface area (Å²) in [6, 6.07) is 0.00519. The summed E-state index contributed by atoms with van der Waals surface area (Å²) in [5, 5.41) is 0. The van der Waals surface area contributed by atoms with Crippen LogP contribution in [0, 0.1) is 0 Å².